The van der Waals surface area contributed by atoms with Crippen molar-refractivity contribution in [1.29, 1.82) is 0 Å². The van der Waals surface area contributed by atoms with E-state index in [4.69, 9.17) is 10.2 Å². The summed E-state index contributed by atoms with van der Waals surface area (Å²) in [5, 5.41) is 16.5. The van der Waals surface area contributed by atoms with E-state index in [-0.39, 0.29) is 5.57 Å². The first-order chi connectivity index (χ1) is 4.46. The lowest BCUT2D eigenvalue weighted by molar-refractivity contribution is -0.143. The Balaban J connectivity index is 4.22. The molecule has 0 aliphatic heterocycles. The van der Waals surface area contributed by atoms with Crippen LogP contribution < -0.4 is 0 Å². The lowest BCUT2D eigenvalue weighted by Crippen LogP contribution is -2.17. The SMILES string of the molecule is C=C(C(=O)O)[C@@H](C)C(=O)O. The molecule has 0 aliphatic carbocycles. The van der Waals surface area contributed by atoms with E-state index in [1.807, 2.05) is 0 Å². The molecule has 56 valence electrons. The van der Waals surface area contributed by atoms with Crippen LogP contribution in [-0.4, -0.2) is 22.2 Å². The van der Waals surface area contributed by atoms with Gasteiger partial charge in [0.2, 0.25) is 0 Å². The maximum Gasteiger partial charge on any atom is 0.331 e. The van der Waals surface area contributed by atoms with E-state index in [1.54, 1.807) is 0 Å². The van der Waals surface area contributed by atoms with E-state index in [0.29, 0.717) is 0 Å². The van der Waals surface area contributed by atoms with Crippen molar-refractivity contribution in [2.24, 2.45) is 5.92 Å². The van der Waals surface area contributed by atoms with E-state index in [0.717, 1.165) is 0 Å². The fraction of sp³-hybridized carbons (Fsp3) is 0.333. The van der Waals surface area contributed by atoms with Crippen molar-refractivity contribution in [1.82, 2.24) is 0 Å². The number of hydrogen-bond donors (Lipinski definition) is 2. The predicted molar refractivity (Wildman–Crippen MR) is 33.6 cm³/mol. The molecule has 0 saturated heterocycles. The highest BCUT2D eigenvalue weighted by atomic mass is 16.4. The van der Waals surface area contributed by atoms with Crippen molar-refractivity contribution >= 4 is 11.9 Å². The van der Waals surface area contributed by atoms with Crippen LogP contribution in [0, 0.1) is 5.92 Å². The van der Waals surface area contributed by atoms with E-state index in [9.17, 15) is 9.59 Å². The zero-order chi connectivity index (χ0) is 8.31. The van der Waals surface area contributed by atoms with E-state index in [1.165, 1.54) is 6.92 Å². The Morgan fingerprint density at radius 2 is 1.80 bits per heavy atom. The number of carboxylic acids is 2. The van der Waals surface area contributed by atoms with E-state index >= 15 is 0 Å². The first-order valence-corrected chi connectivity index (χ1v) is 2.61. The van der Waals surface area contributed by atoms with Crippen LogP contribution in [0.3, 0.4) is 0 Å². The maximum atomic E-state index is 10.1. The molecule has 0 rings (SSSR count). The molecule has 1 atom stereocenters. The van der Waals surface area contributed by atoms with Crippen LogP contribution in [-0.2, 0) is 9.59 Å². The second-order valence-corrected chi connectivity index (χ2v) is 1.89. The highest BCUT2D eigenvalue weighted by Gasteiger charge is 2.19. The Hall–Kier alpha value is -1.32. The Morgan fingerprint density at radius 1 is 1.40 bits per heavy atom. The number of hydrogen-bond acceptors (Lipinski definition) is 2. The van der Waals surface area contributed by atoms with Crippen LogP contribution in [0.25, 0.3) is 0 Å². The molecule has 2 N–H and O–H groups in total. The summed E-state index contributed by atoms with van der Waals surface area (Å²) in [7, 11) is 0. The third kappa shape index (κ3) is 1.89. The van der Waals surface area contributed by atoms with Crippen molar-refractivity contribution < 1.29 is 19.8 Å². The second-order valence-electron chi connectivity index (χ2n) is 1.89. The largest absolute Gasteiger partial charge is 0.481 e. The zero-order valence-electron chi connectivity index (χ0n) is 5.50. The zero-order valence-corrected chi connectivity index (χ0v) is 5.50. The van der Waals surface area contributed by atoms with Crippen molar-refractivity contribution in [3.63, 3.8) is 0 Å². The molecule has 0 spiro atoms. The van der Waals surface area contributed by atoms with Crippen LogP contribution in [0.5, 0.6) is 0 Å². The summed E-state index contributed by atoms with van der Waals surface area (Å²) in [4.78, 5) is 20.2. The Morgan fingerprint density at radius 3 is 1.90 bits per heavy atom. The van der Waals surface area contributed by atoms with Crippen molar-refractivity contribution in [3.8, 4) is 0 Å². The van der Waals surface area contributed by atoms with Crippen molar-refractivity contribution in [2.45, 2.75) is 6.92 Å². The van der Waals surface area contributed by atoms with Crippen LogP contribution in [0.4, 0.5) is 0 Å². The Kier molecular flexibility index (Phi) is 2.61. The molecule has 0 fully saturated rings. The molecule has 0 aromatic rings. The van der Waals surface area contributed by atoms with Crippen LogP contribution in [0.1, 0.15) is 6.92 Å². The maximum absolute atomic E-state index is 10.1. The topological polar surface area (TPSA) is 74.6 Å². The van der Waals surface area contributed by atoms with Crippen LogP contribution >= 0.6 is 0 Å². The highest BCUT2D eigenvalue weighted by molar-refractivity contribution is 5.92. The van der Waals surface area contributed by atoms with Gasteiger partial charge in [-0.05, 0) is 6.92 Å². The van der Waals surface area contributed by atoms with Crippen molar-refractivity contribution in [3.05, 3.63) is 12.2 Å². The van der Waals surface area contributed by atoms with Gasteiger partial charge in [0.25, 0.3) is 0 Å². The summed E-state index contributed by atoms with van der Waals surface area (Å²) >= 11 is 0. The lowest BCUT2D eigenvalue weighted by atomic mass is 10.0. The molecule has 0 radical (unpaired) electrons. The Labute approximate surface area is 57.8 Å². The minimum atomic E-state index is -1.27. The molecule has 0 heterocycles. The first kappa shape index (κ1) is 8.68. The average Bonchev–Trinajstić information content (AvgIpc) is 1.84. The first-order valence-electron chi connectivity index (χ1n) is 2.61. The lowest BCUT2D eigenvalue weighted by Gasteiger charge is -2.03. The molecule has 0 aromatic heterocycles. The van der Waals surface area contributed by atoms with Gasteiger partial charge in [-0.15, -0.1) is 0 Å². The molecular formula is C6H8O4. The predicted octanol–water partition coefficient (Wildman–Crippen LogP) is 0.348. The highest BCUT2D eigenvalue weighted by Crippen LogP contribution is 2.07. The minimum Gasteiger partial charge on any atom is -0.481 e. The summed E-state index contributed by atoms with van der Waals surface area (Å²) in [6.07, 6.45) is 0. The number of rotatable bonds is 3. The molecule has 0 aliphatic rings. The fourth-order valence-electron chi connectivity index (χ4n) is 0.334. The van der Waals surface area contributed by atoms with Gasteiger partial charge >= 0.3 is 11.9 Å². The number of carboxylic acid groups (broad SMARTS) is 2. The normalized spacial score (nSPS) is 12.1. The smallest absolute Gasteiger partial charge is 0.331 e. The second kappa shape index (κ2) is 3.00. The average molecular weight is 144 g/mol. The van der Waals surface area contributed by atoms with Gasteiger partial charge in [0.1, 0.15) is 0 Å². The minimum absolute atomic E-state index is 0.299. The molecule has 0 unspecified atom stereocenters. The summed E-state index contributed by atoms with van der Waals surface area (Å²) in [5.74, 6) is -3.46. The van der Waals surface area contributed by atoms with Gasteiger partial charge in [0, 0.05) is 5.57 Å². The molecular weight excluding hydrogens is 136 g/mol. The van der Waals surface area contributed by atoms with Crippen LogP contribution in [0.2, 0.25) is 0 Å². The van der Waals surface area contributed by atoms with Gasteiger partial charge in [0.15, 0.2) is 0 Å². The summed E-state index contributed by atoms with van der Waals surface area (Å²) in [6.45, 7) is 4.37. The van der Waals surface area contributed by atoms with Gasteiger partial charge in [-0.2, -0.15) is 0 Å². The molecule has 0 aromatic carbocycles. The number of carbonyl (C=O) groups is 2. The molecule has 4 nitrogen and oxygen atoms in total. The van der Waals surface area contributed by atoms with Gasteiger partial charge in [0.05, 0.1) is 5.92 Å². The molecule has 4 heteroatoms. The summed E-state index contributed by atoms with van der Waals surface area (Å²) in [6, 6.07) is 0. The Bertz CT molecular complexity index is 182. The standard InChI is InChI=1S/C6H8O4/c1-3(5(7)8)4(2)6(9)10/h4H,1H2,2H3,(H,7,8)(H,9,10)/t4-/m1/s1. The number of aliphatic carboxylic acids is 2. The van der Waals surface area contributed by atoms with Gasteiger partial charge in [-0.1, -0.05) is 6.58 Å². The molecule has 10 heavy (non-hydrogen) atoms. The van der Waals surface area contributed by atoms with Gasteiger partial charge in [-0.25, -0.2) is 4.79 Å². The third-order valence-electron chi connectivity index (χ3n) is 1.17. The van der Waals surface area contributed by atoms with Crippen molar-refractivity contribution in [2.75, 3.05) is 0 Å². The quantitative estimate of drug-likeness (QED) is 0.560. The summed E-state index contributed by atoms with van der Waals surface area (Å²) in [5.41, 5.74) is -0.299. The molecule has 0 bridgehead atoms. The molecule has 0 saturated carbocycles. The van der Waals surface area contributed by atoms with Gasteiger partial charge < -0.3 is 10.2 Å². The van der Waals surface area contributed by atoms with Crippen LogP contribution in [0.15, 0.2) is 12.2 Å². The summed E-state index contributed by atoms with van der Waals surface area (Å²) < 4.78 is 0. The fourth-order valence-corrected chi connectivity index (χ4v) is 0.334. The van der Waals surface area contributed by atoms with E-state index < -0.39 is 17.9 Å². The molecule has 0 amide bonds. The third-order valence-corrected chi connectivity index (χ3v) is 1.17. The van der Waals surface area contributed by atoms with E-state index in [2.05, 4.69) is 6.58 Å². The van der Waals surface area contributed by atoms with Gasteiger partial charge in [-0.3, -0.25) is 4.79 Å². The monoisotopic (exact) mass is 144 g/mol.